The van der Waals surface area contributed by atoms with Crippen molar-refractivity contribution in [2.45, 2.75) is 39.1 Å². The second kappa shape index (κ2) is 10.4. The Hall–Kier alpha value is -3.21. The third kappa shape index (κ3) is 7.14. The molecule has 13 heteroatoms. The molecule has 0 saturated carbocycles. The maximum absolute atomic E-state index is 11.9. The van der Waals surface area contributed by atoms with Crippen LogP contribution in [0, 0.1) is 0 Å². The summed E-state index contributed by atoms with van der Waals surface area (Å²) in [5.41, 5.74) is 7.87. The Kier molecular flexibility index (Phi) is 7.75. The van der Waals surface area contributed by atoms with Crippen molar-refractivity contribution < 1.29 is 28.3 Å². The van der Waals surface area contributed by atoms with E-state index < -0.39 is 19.3 Å². The van der Waals surface area contributed by atoms with E-state index in [2.05, 4.69) is 24.8 Å². The average molecular weight is 492 g/mol. The normalized spacial score (nSPS) is 13.4. The van der Waals surface area contributed by atoms with Crippen LogP contribution in [0.5, 0.6) is 6.01 Å². The summed E-state index contributed by atoms with van der Waals surface area (Å²) >= 11 is 0. The summed E-state index contributed by atoms with van der Waals surface area (Å²) in [5.74, 6) is 0.161. The molecule has 0 aliphatic rings. The van der Waals surface area contributed by atoms with Gasteiger partial charge in [0.25, 0.3) is 0 Å². The first-order chi connectivity index (χ1) is 16.0. The van der Waals surface area contributed by atoms with Gasteiger partial charge in [-0.2, -0.15) is 9.97 Å². The van der Waals surface area contributed by atoms with Crippen molar-refractivity contribution in [3.05, 3.63) is 41.7 Å². The fraction of sp³-hybridized carbons (Fsp3) is 0.429. The first-order valence-corrected chi connectivity index (χ1v) is 12.3. The molecule has 1 aromatic carbocycles. The molecule has 12 nitrogen and oxygen atoms in total. The maximum atomic E-state index is 11.9. The smallest absolute Gasteiger partial charge is 0.407 e. The van der Waals surface area contributed by atoms with Gasteiger partial charge in [-0.1, -0.05) is 24.3 Å². The predicted molar refractivity (Wildman–Crippen MR) is 126 cm³/mol. The highest BCUT2D eigenvalue weighted by molar-refractivity contribution is 7.51. The number of hydrogen-bond donors (Lipinski definition) is 3. The van der Waals surface area contributed by atoms with Crippen molar-refractivity contribution in [2.75, 3.05) is 26.0 Å². The summed E-state index contributed by atoms with van der Waals surface area (Å²) in [7, 11) is -2.47. The monoisotopic (exact) mass is 492 g/mol. The number of amides is 1. The van der Waals surface area contributed by atoms with Crippen LogP contribution in [0.2, 0.25) is 0 Å². The lowest BCUT2D eigenvalue weighted by molar-refractivity contribution is 0.0519. The fourth-order valence-electron chi connectivity index (χ4n) is 3.05. The van der Waals surface area contributed by atoms with Crippen LogP contribution < -0.4 is 15.8 Å². The molecule has 0 aliphatic carbocycles. The molecule has 0 saturated heterocycles. The number of aromatic nitrogens is 4. The van der Waals surface area contributed by atoms with Gasteiger partial charge >= 0.3 is 19.7 Å². The highest BCUT2D eigenvalue weighted by Gasteiger charge is 2.19. The van der Waals surface area contributed by atoms with Crippen LogP contribution in [-0.2, 0) is 26.5 Å². The first kappa shape index (κ1) is 25.4. The van der Waals surface area contributed by atoms with Gasteiger partial charge in [-0.3, -0.25) is 4.57 Å². The minimum Gasteiger partial charge on any atom is -0.461 e. The molecular weight excluding hydrogens is 463 g/mol. The van der Waals surface area contributed by atoms with Gasteiger partial charge in [0, 0.05) is 7.11 Å². The summed E-state index contributed by atoms with van der Waals surface area (Å²) < 4.78 is 29.0. The van der Waals surface area contributed by atoms with Crippen molar-refractivity contribution in [1.29, 1.82) is 0 Å². The van der Waals surface area contributed by atoms with Crippen LogP contribution in [-0.4, -0.2) is 56.4 Å². The molecule has 1 unspecified atom stereocenters. The van der Waals surface area contributed by atoms with Crippen LogP contribution in [0.15, 0.2) is 30.6 Å². The highest BCUT2D eigenvalue weighted by atomic mass is 31.2. The number of nitrogens with zero attached hydrogens (tertiary/aromatic N) is 4. The van der Waals surface area contributed by atoms with E-state index in [0.29, 0.717) is 23.3 Å². The minimum absolute atomic E-state index is 0.0489. The number of nitrogen functional groups attached to an aromatic ring is 1. The number of rotatable bonds is 9. The highest BCUT2D eigenvalue weighted by Crippen LogP contribution is 2.44. The van der Waals surface area contributed by atoms with E-state index in [-0.39, 0.29) is 31.1 Å². The zero-order valence-electron chi connectivity index (χ0n) is 19.5. The summed E-state index contributed by atoms with van der Waals surface area (Å²) in [4.78, 5) is 34.2. The first-order valence-electron chi connectivity index (χ1n) is 10.5. The number of ether oxygens (including phenoxy) is 2. The number of alkyl carbamates (subject to hydrolysis) is 1. The zero-order valence-corrected chi connectivity index (χ0v) is 20.4. The molecule has 0 aliphatic heterocycles. The van der Waals surface area contributed by atoms with E-state index >= 15 is 0 Å². The van der Waals surface area contributed by atoms with Gasteiger partial charge in [0.2, 0.25) is 0 Å². The molecule has 4 N–H and O–H groups in total. The number of benzene rings is 1. The number of nitrogens with two attached hydrogens (primary N) is 1. The number of carbonyl (C=O) groups is 1. The summed E-state index contributed by atoms with van der Waals surface area (Å²) in [6.45, 7) is 6.03. The van der Waals surface area contributed by atoms with E-state index in [9.17, 15) is 14.3 Å². The van der Waals surface area contributed by atoms with E-state index in [4.69, 9.17) is 15.2 Å². The lowest BCUT2D eigenvalue weighted by atomic mass is 10.1. The van der Waals surface area contributed by atoms with Gasteiger partial charge in [-0.25, -0.2) is 9.78 Å². The molecule has 0 spiro atoms. The van der Waals surface area contributed by atoms with Crippen LogP contribution in [0.1, 0.15) is 31.9 Å². The van der Waals surface area contributed by atoms with E-state index in [1.165, 1.54) is 7.11 Å². The van der Waals surface area contributed by atoms with Gasteiger partial charge < -0.3 is 34.5 Å². The Balaban J connectivity index is 1.69. The molecule has 0 fully saturated rings. The van der Waals surface area contributed by atoms with Gasteiger partial charge in [0.1, 0.15) is 12.2 Å². The number of hydrogen-bond acceptors (Lipinski definition) is 9. The second-order valence-electron chi connectivity index (χ2n) is 8.51. The van der Waals surface area contributed by atoms with Crippen molar-refractivity contribution in [1.82, 2.24) is 24.8 Å². The minimum atomic E-state index is -3.68. The zero-order chi connectivity index (χ0) is 24.9. The molecule has 2 heterocycles. The lowest BCUT2D eigenvalue weighted by Gasteiger charge is -2.19. The van der Waals surface area contributed by atoms with Gasteiger partial charge in [-0.05, 0) is 31.9 Å². The largest absolute Gasteiger partial charge is 0.461 e. The SMILES string of the molecule is COP(=O)(O)Cc1cccc(Cn2cnc3c(N)nc(OCCNC(=O)OC(C)(C)C)nc32)c1. The Morgan fingerprint density at radius 1 is 1.26 bits per heavy atom. The Labute approximate surface area is 197 Å². The molecule has 34 heavy (non-hydrogen) atoms. The second-order valence-corrected chi connectivity index (χ2v) is 10.5. The standard InChI is InChI=1S/C21H29N6O6P/c1-21(2,3)33-20(28)23-8-9-32-19-25-17(22)16-18(26-19)27(13-24-16)11-14-6-5-7-15(10-14)12-34(29,30)31-4/h5-7,10,13H,8-9,11-12H2,1-4H3,(H,23,28)(H,29,30)(H2,22,25,26). The van der Waals surface area contributed by atoms with Crippen LogP contribution in [0.4, 0.5) is 10.6 Å². The van der Waals surface area contributed by atoms with E-state index in [0.717, 1.165) is 5.56 Å². The third-order valence-corrected chi connectivity index (χ3v) is 5.82. The predicted octanol–water partition coefficient (Wildman–Crippen LogP) is 2.69. The van der Waals surface area contributed by atoms with Crippen molar-refractivity contribution in [2.24, 2.45) is 0 Å². The number of anilines is 1. The Morgan fingerprint density at radius 3 is 2.71 bits per heavy atom. The van der Waals surface area contributed by atoms with Gasteiger partial charge in [0.15, 0.2) is 17.0 Å². The number of nitrogens with one attached hydrogen (secondary N) is 1. The van der Waals surface area contributed by atoms with Crippen molar-refractivity contribution >= 4 is 30.7 Å². The molecule has 0 radical (unpaired) electrons. The molecule has 1 amide bonds. The van der Waals surface area contributed by atoms with Crippen LogP contribution in [0.25, 0.3) is 11.2 Å². The molecule has 0 bridgehead atoms. The van der Waals surface area contributed by atoms with Crippen molar-refractivity contribution in [3.63, 3.8) is 0 Å². The van der Waals surface area contributed by atoms with Crippen LogP contribution >= 0.6 is 7.60 Å². The quantitative estimate of drug-likeness (QED) is 0.299. The third-order valence-electron chi connectivity index (χ3n) is 4.48. The number of fused-ring (bicyclic) bond motifs is 1. The van der Waals surface area contributed by atoms with Gasteiger partial charge in [0.05, 0.1) is 25.6 Å². The Bertz CT molecular complexity index is 1210. The maximum Gasteiger partial charge on any atom is 0.407 e. The molecule has 3 rings (SSSR count). The van der Waals surface area contributed by atoms with Crippen LogP contribution in [0.3, 0.4) is 0 Å². The summed E-state index contributed by atoms with van der Waals surface area (Å²) in [5, 5.41) is 2.59. The van der Waals surface area contributed by atoms with Gasteiger partial charge in [-0.15, -0.1) is 0 Å². The lowest BCUT2D eigenvalue weighted by Crippen LogP contribution is -2.34. The Morgan fingerprint density at radius 2 is 2.00 bits per heavy atom. The number of imidazole rings is 1. The molecule has 3 aromatic rings. The molecule has 184 valence electrons. The molecule has 2 aromatic heterocycles. The fourth-order valence-corrected chi connectivity index (χ4v) is 3.84. The summed E-state index contributed by atoms with van der Waals surface area (Å²) in [6, 6.07) is 7.31. The molecule has 1 atom stereocenters. The number of carbonyl (C=O) groups excluding carboxylic acids is 1. The van der Waals surface area contributed by atoms with E-state index in [1.54, 1.807) is 43.8 Å². The van der Waals surface area contributed by atoms with Crippen molar-refractivity contribution in [3.8, 4) is 6.01 Å². The summed E-state index contributed by atoms with van der Waals surface area (Å²) in [6.07, 6.45) is 0.949. The average Bonchev–Trinajstić information content (AvgIpc) is 3.13. The van der Waals surface area contributed by atoms with E-state index in [1.807, 2.05) is 12.1 Å². The molecular formula is C21H29N6O6P. The topological polar surface area (TPSA) is 164 Å².